The molecule has 1 fully saturated rings. The van der Waals surface area contributed by atoms with Crippen molar-refractivity contribution in [2.45, 2.75) is 56.0 Å². The Kier molecular flexibility index (Phi) is 8.42. The number of halogens is 2. The van der Waals surface area contributed by atoms with Crippen LogP contribution in [-0.2, 0) is 17.8 Å². The van der Waals surface area contributed by atoms with Crippen LogP contribution in [0.5, 0.6) is 5.75 Å². The van der Waals surface area contributed by atoms with Crippen molar-refractivity contribution in [2.24, 2.45) is 5.73 Å². The number of nitrogens with zero attached hydrogens (tertiary/aromatic N) is 2. The molecule has 7 nitrogen and oxygen atoms in total. The number of methoxy groups -OCH3 is 1. The minimum atomic E-state index is -1.75. The predicted octanol–water partition coefficient (Wildman–Crippen LogP) is 6.48. The lowest BCUT2D eigenvalue weighted by molar-refractivity contribution is 0.410. The summed E-state index contributed by atoms with van der Waals surface area (Å²) in [5.41, 5.74) is 9.31. The number of hydrogen-bond acceptors (Lipinski definition) is 7. The van der Waals surface area contributed by atoms with Crippen LogP contribution in [0.1, 0.15) is 38.2 Å². The van der Waals surface area contributed by atoms with Crippen LogP contribution in [0.3, 0.4) is 0 Å². The molecule has 39 heavy (non-hydrogen) atoms. The number of hydrogen-bond donors (Lipinski definition) is 3. The van der Waals surface area contributed by atoms with Gasteiger partial charge in [0.25, 0.3) is 0 Å². The molecule has 0 saturated heterocycles. The fourth-order valence-corrected chi connectivity index (χ4v) is 6.20. The number of ether oxygens (including phenoxy) is 1. The SMILES string of the molecule is CCc1cc(-c2cc(F)c(N[S+]([O-])c3ccccc3Cl)cc2OC)cc2cnc(N[C@H]3CC[C@H](N)CC3)nc12. The topological polar surface area (TPSA) is 108 Å². The summed E-state index contributed by atoms with van der Waals surface area (Å²) in [6.07, 6.45) is 6.54. The average Bonchev–Trinajstić information content (AvgIpc) is 2.94. The molecular weight excluding hydrogens is 537 g/mol. The van der Waals surface area contributed by atoms with E-state index in [4.69, 9.17) is 27.1 Å². The van der Waals surface area contributed by atoms with E-state index in [1.54, 1.807) is 30.5 Å². The van der Waals surface area contributed by atoms with Crippen molar-refractivity contribution < 1.29 is 13.7 Å². The first-order chi connectivity index (χ1) is 18.9. The van der Waals surface area contributed by atoms with E-state index in [2.05, 4.69) is 21.9 Å². The van der Waals surface area contributed by atoms with Crippen LogP contribution in [0.25, 0.3) is 22.0 Å². The van der Waals surface area contributed by atoms with Gasteiger partial charge in [-0.3, -0.25) is 0 Å². The number of rotatable bonds is 8. The Morgan fingerprint density at radius 2 is 1.92 bits per heavy atom. The highest BCUT2D eigenvalue weighted by Gasteiger charge is 2.22. The second-order valence-electron chi connectivity index (χ2n) is 9.71. The molecule has 1 atom stereocenters. The van der Waals surface area contributed by atoms with Crippen LogP contribution >= 0.6 is 11.6 Å². The van der Waals surface area contributed by atoms with Gasteiger partial charge in [-0.25, -0.2) is 19.1 Å². The summed E-state index contributed by atoms with van der Waals surface area (Å²) in [4.78, 5) is 9.75. The largest absolute Gasteiger partial charge is 0.588 e. The third-order valence-electron chi connectivity index (χ3n) is 7.09. The zero-order valence-corrected chi connectivity index (χ0v) is 23.4. The third-order valence-corrected chi connectivity index (χ3v) is 8.69. The van der Waals surface area contributed by atoms with Gasteiger partial charge in [0.1, 0.15) is 22.8 Å². The maximum absolute atomic E-state index is 15.3. The highest BCUT2D eigenvalue weighted by molar-refractivity contribution is 7.92. The van der Waals surface area contributed by atoms with E-state index in [1.165, 1.54) is 19.2 Å². The van der Waals surface area contributed by atoms with Crippen molar-refractivity contribution in [3.05, 3.63) is 71.1 Å². The maximum atomic E-state index is 15.3. The van der Waals surface area contributed by atoms with Crippen molar-refractivity contribution in [3.8, 4) is 16.9 Å². The van der Waals surface area contributed by atoms with Gasteiger partial charge in [0, 0.05) is 35.3 Å². The average molecular weight is 568 g/mol. The molecule has 5 rings (SSSR count). The third kappa shape index (κ3) is 6.06. The number of nitrogens with one attached hydrogen (secondary N) is 2. The molecule has 1 aromatic heterocycles. The van der Waals surface area contributed by atoms with Gasteiger partial charge in [0.15, 0.2) is 10.7 Å². The van der Waals surface area contributed by atoms with Crippen LogP contribution in [0.2, 0.25) is 5.02 Å². The van der Waals surface area contributed by atoms with E-state index in [0.29, 0.717) is 33.2 Å². The lowest BCUT2D eigenvalue weighted by Gasteiger charge is -2.26. The second kappa shape index (κ2) is 12.0. The van der Waals surface area contributed by atoms with Gasteiger partial charge in [-0.1, -0.05) is 30.7 Å². The highest BCUT2D eigenvalue weighted by atomic mass is 35.5. The summed E-state index contributed by atoms with van der Waals surface area (Å²) < 4.78 is 36.5. The van der Waals surface area contributed by atoms with Gasteiger partial charge in [0.2, 0.25) is 5.95 Å². The van der Waals surface area contributed by atoms with Crippen molar-refractivity contribution in [1.29, 1.82) is 0 Å². The molecule has 4 N–H and O–H groups in total. The van der Waals surface area contributed by atoms with E-state index in [0.717, 1.165) is 54.1 Å². The Bertz CT molecular complexity index is 1480. The summed E-state index contributed by atoms with van der Waals surface area (Å²) in [7, 11) is 1.52. The quantitative estimate of drug-likeness (QED) is 0.209. The maximum Gasteiger partial charge on any atom is 0.223 e. The van der Waals surface area contributed by atoms with Gasteiger partial charge < -0.3 is 20.3 Å². The van der Waals surface area contributed by atoms with Crippen molar-refractivity contribution in [1.82, 2.24) is 9.97 Å². The van der Waals surface area contributed by atoms with Crippen LogP contribution in [0, 0.1) is 5.82 Å². The first kappa shape index (κ1) is 27.5. The van der Waals surface area contributed by atoms with Crippen LogP contribution < -0.4 is 20.5 Å². The summed E-state index contributed by atoms with van der Waals surface area (Å²) in [5.74, 6) is 0.481. The number of anilines is 2. The Morgan fingerprint density at radius 3 is 2.64 bits per heavy atom. The van der Waals surface area contributed by atoms with Crippen LogP contribution in [-0.4, -0.2) is 33.7 Å². The Balaban J connectivity index is 1.45. The molecule has 204 valence electrons. The Labute approximate surface area is 235 Å². The predicted molar refractivity (Wildman–Crippen MR) is 156 cm³/mol. The minimum Gasteiger partial charge on any atom is -0.588 e. The monoisotopic (exact) mass is 567 g/mol. The minimum absolute atomic E-state index is 0.0491. The molecule has 10 heteroatoms. The molecule has 1 unspecified atom stereocenters. The zero-order chi connectivity index (χ0) is 27.5. The number of nitrogens with two attached hydrogens (primary N) is 1. The number of benzene rings is 3. The summed E-state index contributed by atoms with van der Waals surface area (Å²) in [5, 5.41) is 4.65. The number of aromatic nitrogens is 2. The van der Waals surface area contributed by atoms with Gasteiger partial charge in [-0.2, -0.15) is 0 Å². The first-order valence-corrected chi connectivity index (χ1v) is 14.5. The normalized spacial score (nSPS) is 18.1. The van der Waals surface area contributed by atoms with E-state index >= 15 is 4.39 Å². The second-order valence-corrected chi connectivity index (χ2v) is 11.3. The summed E-state index contributed by atoms with van der Waals surface area (Å²) >= 11 is 4.40. The lowest BCUT2D eigenvalue weighted by Crippen LogP contribution is -2.33. The molecule has 0 aliphatic heterocycles. The molecule has 1 aliphatic carbocycles. The van der Waals surface area contributed by atoms with E-state index in [-0.39, 0.29) is 11.7 Å². The standard InChI is InChI=1S/C29H31ClFN5O2S/c1-3-17-12-18(13-19-16-33-29(35-28(17)19)34-21-10-8-20(32)9-11-21)22-14-24(31)25(15-26(22)38-2)36-39(37)27-7-5-4-6-23(27)30/h4-7,12-16,20-21,36H,3,8-11,32H2,1-2H3,(H,33,34,35)/t20-,21-,39?. The van der Waals surface area contributed by atoms with Gasteiger partial charge in [0.05, 0.1) is 17.6 Å². The summed E-state index contributed by atoms with van der Waals surface area (Å²) in [6.45, 7) is 2.06. The molecule has 1 saturated carbocycles. The lowest BCUT2D eigenvalue weighted by atomic mass is 9.92. The highest BCUT2D eigenvalue weighted by Crippen LogP contribution is 2.38. The molecule has 3 aromatic carbocycles. The molecule has 0 spiro atoms. The fraction of sp³-hybridized carbons (Fsp3) is 0.310. The molecule has 0 bridgehead atoms. The van der Waals surface area contributed by atoms with Crippen molar-refractivity contribution in [2.75, 3.05) is 17.1 Å². The molecule has 0 radical (unpaired) electrons. The van der Waals surface area contributed by atoms with E-state index < -0.39 is 17.2 Å². The number of fused-ring (bicyclic) bond motifs is 1. The molecule has 0 amide bonds. The molecule has 1 aliphatic rings. The van der Waals surface area contributed by atoms with Crippen molar-refractivity contribution >= 4 is 45.5 Å². The Hall–Kier alpha value is -3.11. The van der Waals surface area contributed by atoms with Gasteiger partial charge in [-0.05, 0) is 73.6 Å². The van der Waals surface area contributed by atoms with Gasteiger partial charge in [-0.15, -0.1) is 0 Å². The summed E-state index contributed by atoms with van der Waals surface area (Å²) in [6, 6.07) is 14.2. The van der Waals surface area contributed by atoms with Crippen molar-refractivity contribution in [3.63, 3.8) is 0 Å². The Morgan fingerprint density at radius 1 is 1.15 bits per heavy atom. The van der Waals surface area contributed by atoms with E-state index in [1.807, 2.05) is 12.1 Å². The molecular formula is C29H31ClFN5O2S. The zero-order valence-electron chi connectivity index (χ0n) is 21.8. The molecule has 1 heterocycles. The number of aryl methyl sites for hydroxylation is 1. The first-order valence-electron chi connectivity index (χ1n) is 13.0. The smallest absolute Gasteiger partial charge is 0.223 e. The molecule has 4 aromatic rings. The van der Waals surface area contributed by atoms with Crippen LogP contribution in [0.15, 0.2) is 59.6 Å². The van der Waals surface area contributed by atoms with E-state index in [9.17, 15) is 4.55 Å². The van der Waals surface area contributed by atoms with Gasteiger partial charge >= 0.3 is 0 Å². The fourth-order valence-electron chi connectivity index (χ4n) is 4.94. The van der Waals surface area contributed by atoms with Crippen LogP contribution in [0.4, 0.5) is 16.0 Å².